The number of unbranched alkanes of at least 4 members (excludes halogenated alkanes) is 1. The monoisotopic (exact) mass is 554 g/mol. The van der Waals surface area contributed by atoms with Gasteiger partial charge in [0.25, 0.3) is 5.91 Å². The molecule has 0 bridgehead atoms. The van der Waals surface area contributed by atoms with Crippen LogP contribution in [-0.2, 0) is 22.6 Å². The van der Waals surface area contributed by atoms with Crippen molar-refractivity contribution in [3.05, 3.63) is 99.5 Å². The van der Waals surface area contributed by atoms with Crippen LogP contribution in [0.4, 0.5) is 0 Å². The van der Waals surface area contributed by atoms with Crippen molar-refractivity contribution in [2.45, 2.75) is 58.5 Å². The fraction of sp³-hybridized carbons (Fsp3) is 0.355. The van der Waals surface area contributed by atoms with Crippen LogP contribution in [0.3, 0.4) is 0 Å². The second-order valence-electron chi connectivity index (χ2n) is 9.60. The number of hydrogen-bond donors (Lipinski definition) is 1. The number of amides is 2. The van der Waals surface area contributed by atoms with Crippen molar-refractivity contribution in [1.82, 2.24) is 10.2 Å². The molecular formula is C31H36Cl2N2O3. The van der Waals surface area contributed by atoms with E-state index in [0.29, 0.717) is 28.8 Å². The minimum absolute atomic E-state index is 0.184. The standard InChI is InChI=1S/C31H36Cl2N2O3/c1-4-5-17-34-31(37)28(19-23-11-7-6-8-12-23)35(20-24-15-16-26(32)27(33)18-24)30(36)21-38-29-14-10-9-13-25(29)22(2)3/h6-16,18,22,28H,4-5,17,19-21H2,1-3H3,(H,34,37). The Labute approximate surface area is 236 Å². The van der Waals surface area contributed by atoms with Crippen molar-refractivity contribution in [2.24, 2.45) is 0 Å². The molecule has 1 atom stereocenters. The van der Waals surface area contributed by atoms with Crippen LogP contribution in [0, 0.1) is 0 Å². The van der Waals surface area contributed by atoms with Gasteiger partial charge in [0.05, 0.1) is 10.0 Å². The molecule has 0 saturated heterocycles. The Hall–Kier alpha value is -3.02. The number of carbonyl (C=O) groups is 2. The third kappa shape index (κ3) is 8.50. The van der Waals surface area contributed by atoms with Gasteiger partial charge in [0.15, 0.2) is 6.61 Å². The number of hydrogen-bond acceptors (Lipinski definition) is 3. The first kappa shape index (κ1) is 29.5. The first-order valence-corrected chi connectivity index (χ1v) is 13.8. The van der Waals surface area contributed by atoms with Gasteiger partial charge >= 0.3 is 0 Å². The molecule has 0 radical (unpaired) electrons. The number of nitrogens with one attached hydrogen (secondary N) is 1. The zero-order chi connectivity index (χ0) is 27.5. The quantitative estimate of drug-likeness (QED) is 0.230. The number of rotatable bonds is 13. The lowest BCUT2D eigenvalue weighted by Crippen LogP contribution is -2.51. The highest BCUT2D eigenvalue weighted by Gasteiger charge is 2.31. The molecule has 0 spiro atoms. The van der Waals surface area contributed by atoms with Crippen LogP contribution in [0.1, 0.15) is 56.2 Å². The minimum Gasteiger partial charge on any atom is -0.483 e. The largest absolute Gasteiger partial charge is 0.483 e. The molecule has 202 valence electrons. The van der Waals surface area contributed by atoms with Crippen molar-refractivity contribution in [1.29, 1.82) is 0 Å². The van der Waals surface area contributed by atoms with Crippen molar-refractivity contribution in [2.75, 3.05) is 13.2 Å². The summed E-state index contributed by atoms with van der Waals surface area (Å²) in [4.78, 5) is 28.9. The maximum Gasteiger partial charge on any atom is 0.261 e. The molecule has 7 heteroatoms. The topological polar surface area (TPSA) is 58.6 Å². The summed E-state index contributed by atoms with van der Waals surface area (Å²) < 4.78 is 6.03. The number of nitrogens with zero attached hydrogens (tertiary/aromatic N) is 1. The summed E-state index contributed by atoms with van der Waals surface area (Å²) in [5.74, 6) is 0.417. The van der Waals surface area contributed by atoms with E-state index in [1.54, 1.807) is 17.0 Å². The van der Waals surface area contributed by atoms with Crippen molar-refractivity contribution < 1.29 is 14.3 Å². The van der Waals surface area contributed by atoms with Crippen LogP contribution in [0.15, 0.2) is 72.8 Å². The fourth-order valence-corrected chi connectivity index (χ4v) is 4.53. The number of halogens is 2. The van der Waals surface area contributed by atoms with E-state index in [0.717, 1.165) is 29.5 Å². The molecule has 1 unspecified atom stereocenters. The van der Waals surface area contributed by atoms with Gasteiger partial charge < -0.3 is 15.0 Å². The van der Waals surface area contributed by atoms with Gasteiger partial charge in [-0.05, 0) is 47.2 Å². The van der Waals surface area contributed by atoms with Crippen molar-refractivity contribution in [3.63, 3.8) is 0 Å². The Morgan fingerprint density at radius 3 is 2.32 bits per heavy atom. The molecule has 2 amide bonds. The van der Waals surface area contributed by atoms with Crippen LogP contribution < -0.4 is 10.1 Å². The Morgan fingerprint density at radius 2 is 1.63 bits per heavy atom. The molecular weight excluding hydrogens is 519 g/mol. The van der Waals surface area contributed by atoms with E-state index < -0.39 is 6.04 Å². The molecule has 0 aliphatic rings. The normalized spacial score (nSPS) is 11.7. The first-order chi connectivity index (χ1) is 18.3. The summed E-state index contributed by atoms with van der Waals surface area (Å²) >= 11 is 12.4. The first-order valence-electron chi connectivity index (χ1n) is 13.1. The van der Waals surface area contributed by atoms with E-state index >= 15 is 0 Å². The molecule has 3 aromatic rings. The minimum atomic E-state index is -0.736. The van der Waals surface area contributed by atoms with Gasteiger partial charge in [-0.1, -0.05) is 105 Å². The number of benzene rings is 3. The van der Waals surface area contributed by atoms with Gasteiger partial charge in [-0.15, -0.1) is 0 Å². The highest BCUT2D eigenvalue weighted by molar-refractivity contribution is 6.42. The van der Waals surface area contributed by atoms with Crippen LogP contribution in [-0.4, -0.2) is 35.9 Å². The maximum atomic E-state index is 13.8. The molecule has 5 nitrogen and oxygen atoms in total. The Morgan fingerprint density at radius 1 is 0.921 bits per heavy atom. The summed E-state index contributed by atoms with van der Waals surface area (Å²) in [6.07, 6.45) is 2.19. The second kappa shape index (κ2) is 14.8. The third-order valence-electron chi connectivity index (χ3n) is 6.33. The predicted molar refractivity (Wildman–Crippen MR) is 155 cm³/mol. The van der Waals surface area contributed by atoms with E-state index in [1.807, 2.05) is 60.7 Å². The summed E-state index contributed by atoms with van der Waals surface area (Å²) in [5, 5.41) is 3.85. The lowest BCUT2D eigenvalue weighted by Gasteiger charge is -2.31. The average molecular weight is 556 g/mol. The van der Waals surface area contributed by atoms with Crippen LogP contribution in [0.5, 0.6) is 5.75 Å². The van der Waals surface area contributed by atoms with Gasteiger partial charge in [-0.25, -0.2) is 0 Å². The highest BCUT2D eigenvalue weighted by Crippen LogP contribution is 2.27. The predicted octanol–water partition coefficient (Wildman–Crippen LogP) is 7.05. The molecule has 0 fully saturated rings. The summed E-state index contributed by atoms with van der Waals surface area (Å²) in [6.45, 7) is 6.77. The summed E-state index contributed by atoms with van der Waals surface area (Å²) in [7, 11) is 0. The van der Waals surface area contributed by atoms with Gasteiger partial charge in [-0.3, -0.25) is 9.59 Å². The SMILES string of the molecule is CCCCNC(=O)C(Cc1ccccc1)N(Cc1ccc(Cl)c(Cl)c1)C(=O)COc1ccccc1C(C)C. The van der Waals surface area contributed by atoms with Gasteiger partial charge in [-0.2, -0.15) is 0 Å². The molecule has 0 aliphatic heterocycles. The number of ether oxygens (including phenoxy) is 1. The zero-order valence-electron chi connectivity index (χ0n) is 22.3. The van der Waals surface area contributed by atoms with Crippen LogP contribution >= 0.6 is 23.2 Å². The molecule has 3 aromatic carbocycles. The fourth-order valence-electron chi connectivity index (χ4n) is 4.21. The van der Waals surface area contributed by atoms with Gasteiger partial charge in [0.1, 0.15) is 11.8 Å². The van der Waals surface area contributed by atoms with Gasteiger partial charge in [0.2, 0.25) is 5.91 Å². The molecule has 38 heavy (non-hydrogen) atoms. The molecule has 0 saturated carbocycles. The maximum absolute atomic E-state index is 13.8. The average Bonchev–Trinajstić information content (AvgIpc) is 2.92. The van der Waals surface area contributed by atoms with E-state index in [-0.39, 0.29) is 30.9 Å². The Balaban J connectivity index is 1.93. The lowest BCUT2D eigenvalue weighted by molar-refractivity contribution is -0.142. The lowest BCUT2D eigenvalue weighted by atomic mass is 10.0. The van der Waals surface area contributed by atoms with Gasteiger partial charge in [0, 0.05) is 19.5 Å². The van der Waals surface area contributed by atoms with E-state index in [9.17, 15) is 9.59 Å². The van der Waals surface area contributed by atoms with E-state index in [4.69, 9.17) is 27.9 Å². The highest BCUT2D eigenvalue weighted by atomic mass is 35.5. The summed E-state index contributed by atoms with van der Waals surface area (Å²) in [6, 6.07) is 21.9. The number of carbonyl (C=O) groups excluding carboxylic acids is 2. The van der Waals surface area contributed by atoms with E-state index in [1.165, 1.54) is 0 Å². The van der Waals surface area contributed by atoms with E-state index in [2.05, 4.69) is 26.1 Å². The van der Waals surface area contributed by atoms with Crippen LogP contribution in [0.2, 0.25) is 10.0 Å². The third-order valence-corrected chi connectivity index (χ3v) is 7.07. The Bertz CT molecular complexity index is 1200. The van der Waals surface area contributed by atoms with Crippen molar-refractivity contribution in [3.8, 4) is 5.75 Å². The Kier molecular flexibility index (Phi) is 11.5. The zero-order valence-corrected chi connectivity index (χ0v) is 23.8. The smallest absolute Gasteiger partial charge is 0.261 e. The van der Waals surface area contributed by atoms with Crippen molar-refractivity contribution >= 4 is 35.0 Å². The molecule has 0 aromatic heterocycles. The molecule has 0 heterocycles. The molecule has 3 rings (SSSR count). The summed E-state index contributed by atoms with van der Waals surface area (Å²) in [5.41, 5.74) is 2.75. The molecule has 1 N–H and O–H groups in total. The van der Waals surface area contributed by atoms with Crippen LogP contribution in [0.25, 0.3) is 0 Å². The second-order valence-corrected chi connectivity index (χ2v) is 10.4. The number of para-hydroxylation sites is 1. The molecule has 0 aliphatic carbocycles.